The second-order valence-corrected chi connectivity index (χ2v) is 11.6. The summed E-state index contributed by atoms with van der Waals surface area (Å²) in [5.74, 6) is 6.21. The van der Waals surface area contributed by atoms with Crippen LogP contribution in [0.15, 0.2) is 29.4 Å². The van der Waals surface area contributed by atoms with Crippen LogP contribution in [0.1, 0.15) is 63.0 Å². The third kappa shape index (κ3) is 5.94. The molecule has 178 valence electrons. The molecule has 0 radical (unpaired) electrons. The number of sulfone groups is 1. The number of nitrogens with zero attached hydrogens (tertiary/aromatic N) is 1. The van der Waals surface area contributed by atoms with Gasteiger partial charge in [-0.15, -0.1) is 0 Å². The normalized spacial score (nSPS) is 24.6. The number of benzene rings is 1. The number of carbonyl (C=O) groups is 1. The van der Waals surface area contributed by atoms with Crippen LogP contribution in [-0.4, -0.2) is 50.0 Å². The number of nitrogens with one attached hydrogen (secondary N) is 1. The molecule has 3 atom stereocenters. The fourth-order valence-electron chi connectivity index (χ4n) is 3.75. The predicted octanol–water partition coefficient (Wildman–Crippen LogP) is 2.71. The third-order valence-electron chi connectivity index (χ3n) is 6.29. The molecule has 9 heteroatoms. The Labute approximate surface area is 194 Å². The molecule has 1 saturated carbocycles. The van der Waals surface area contributed by atoms with Crippen LogP contribution in [0.4, 0.5) is 0 Å². The van der Waals surface area contributed by atoms with Gasteiger partial charge >= 0.3 is 0 Å². The molecule has 1 aliphatic carbocycles. The van der Waals surface area contributed by atoms with Crippen LogP contribution in [-0.2, 0) is 29.0 Å². The predicted molar refractivity (Wildman–Crippen MR) is 123 cm³/mol. The Morgan fingerprint density at radius 2 is 2.00 bits per heavy atom. The Hall–Kier alpha value is -2.41. The molecule has 2 heterocycles. The second-order valence-electron chi connectivity index (χ2n) is 9.14. The Kier molecular flexibility index (Phi) is 7.07. The summed E-state index contributed by atoms with van der Waals surface area (Å²) in [6.07, 6.45) is 5.15. The summed E-state index contributed by atoms with van der Waals surface area (Å²) in [6, 6.07) is 7.75. The van der Waals surface area contributed by atoms with Crippen molar-refractivity contribution in [3.63, 3.8) is 0 Å². The van der Waals surface area contributed by atoms with Crippen LogP contribution in [0, 0.1) is 17.8 Å². The smallest absolute Gasteiger partial charge is 0.264 e. The first-order chi connectivity index (χ1) is 15.7. The van der Waals surface area contributed by atoms with Gasteiger partial charge in [-0.3, -0.25) is 4.79 Å². The van der Waals surface area contributed by atoms with Crippen molar-refractivity contribution < 1.29 is 27.6 Å². The van der Waals surface area contributed by atoms with Gasteiger partial charge in [0.1, 0.15) is 6.10 Å². The molecule has 33 heavy (non-hydrogen) atoms. The average Bonchev–Trinajstić information content (AvgIpc) is 3.53. The van der Waals surface area contributed by atoms with Crippen LogP contribution in [0.25, 0.3) is 0 Å². The monoisotopic (exact) mass is 474 g/mol. The summed E-state index contributed by atoms with van der Waals surface area (Å²) in [4.78, 5) is 23.7. The lowest BCUT2D eigenvalue weighted by Gasteiger charge is -2.29. The summed E-state index contributed by atoms with van der Waals surface area (Å²) >= 11 is 0. The number of rotatable bonds is 7. The minimum atomic E-state index is -3.78. The van der Waals surface area contributed by atoms with Crippen molar-refractivity contribution >= 4 is 21.5 Å². The average molecular weight is 475 g/mol. The molecule has 2 aliphatic heterocycles. The molecular weight excluding hydrogens is 444 g/mol. The number of hydroxylamine groups is 1. The van der Waals surface area contributed by atoms with Crippen molar-refractivity contribution in [2.75, 3.05) is 12.9 Å². The highest BCUT2D eigenvalue weighted by molar-refractivity contribution is 7.92. The van der Waals surface area contributed by atoms with Gasteiger partial charge in [0.15, 0.2) is 20.9 Å². The van der Waals surface area contributed by atoms with Crippen LogP contribution >= 0.6 is 0 Å². The zero-order valence-electron chi connectivity index (χ0n) is 19.0. The first-order valence-corrected chi connectivity index (χ1v) is 13.3. The largest absolute Gasteiger partial charge is 0.392 e. The highest BCUT2D eigenvalue weighted by Crippen LogP contribution is 2.30. The van der Waals surface area contributed by atoms with Gasteiger partial charge in [-0.25, -0.2) is 18.7 Å². The number of carbonyl (C=O) groups excluding carboxylic acids is 1. The topological polar surface area (TPSA) is 103 Å². The molecule has 1 unspecified atom stereocenters. The Morgan fingerprint density at radius 3 is 2.64 bits per heavy atom. The summed E-state index contributed by atoms with van der Waals surface area (Å²) in [5.41, 5.74) is 4.85. The van der Waals surface area contributed by atoms with Crippen molar-refractivity contribution in [3.8, 4) is 11.8 Å². The van der Waals surface area contributed by atoms with E-state index in [2.05, 4.69) is 22.5 Å². The van der Waals surface area contributed by atoms with Crippen molar-refractivity contribution in [2.24, 2.45) is 11.1 Å². The second kappa shape index (κ2) is 9.84. The van der Waals surface area contributed by atoms with E-state index in [1.54, 1.807) is 0 Å². The molecule has 4 rings (SSSR count). The van der Waals surface area contributed by atoms with Gasteiger partial charge in [0.05, 0.1) is 5.71 Å². The molecule has 0 aromatic heterocycles. The highest BCUT2D eigenvalue weighted by atomic mass is 32.2. The summed E-state index contributed by atoms with van der Waals surface area (Å²) in [7, 11) is -3.78. The zero-order chi connectivity index (χ0) is 23.5. The molecular formula is C24H30N2O6S. The number of hydrogen-bond donors (Lipinski definition) is 1. The fourth-order valence-corrected chi connectivity index (χ4v) is 4.61. The van der Waals surface area contributed by atoms with E-state index in [4.69, 9.17) is 14.4 Å². The Morgan fingerprint density at radius 1 is 1.24 bits per heavy atom. The maximum atomic E-state index is 12.9. The maximum absolute atomic E-state index is 12.9. The molecule has 0 spiro atoms. The summed E-state index contributed by atoms with van der Waals surface area (Å²) in [5, 5.41) is 4.15. The van der Waals surface area contributed by atoms with Gasteiger partial charge in [-0.1, -0.05) is 29.1 Å². The van der Waals surface area contributed by atoms with E-state index in [1.807, 2.05) is 24.3 Å². The zero-order valence-corrected chi connectivity index (χ0v) is 19.8. The fraction of sp³-hybridized carbons (Fsp3) is 0.583. The van der Waals surface area contributed by atoms with Gasteiger partial charge in [-0.05, 0) is 50.3 Å². The lowest BCUT2D eigenvalue weighted by atomic mass is 9.96. The van der Waals surface area contributed by atoms with E-state index in [0.717, 1.165) is 30.2 Å². The Bertz CT molecular complexity index is 1060. The van der Waals surface area contributed by atoms with Gasteiger partial charge in [0, 0.05) is 43.6 Å². The van der Waals surface area contributed by atoms with Gasteiger partial charge in [-0.2, -0.15) is 0 Å². The van der Waals surface area contributed by atoms with Crippen molar-refractivity contribution in [2.45, 2.75) is 69.0 Å². The van der Waals surface area contributed by atoms with E-state index in [9.17, 15) is 13.2 Å². The van der Waals surface area contributed by atoms with E-state index in [-0.39, 0.29) is 6.42 Å². The van der Waals surface area contributed by atoms with E-state index in [1.165, 1.54) is 19.8 Å². The number of ether oxygens (including phenoxy) is 1. The van der Waals surface area contributed by atoms with Gasteiger partial charge < -0.3 is 9.57 Å². The van der Waals surface area contributed by atoms with E-state index in [0.29, 0.717) is 31.1 Å². The SMILES string of the molecule is C[C@@](C[C@H]1CC(c2ccc(C#CC3CC3)cc2)=NO1)(C(=O)NOC1CCCCO1)S(C)(=O)=O. The van der Waals surface area contributed by atoms with Gasteiger partial charge in [0.25, 0.3) is 5.91 Å². The molecule has 1 amide bonds. The number of amides is 1. The number of oxime groups is 1. The minimum Gasteiger partial charge on any atom is -0.392 e. The van der Waals surface area contributed by atoms with Gasteiger partial charge in [0.2, 0.25) is 0 Å². The lowest BCUT2D eigenvalue weighted by molar-refractivity contribution is -0.201. The molecule has 1 saturated heterocycles. The van der Waals surface area contributed by atoms with Crippen molar-refractivity contribution in [1.29, 1.82) is 0 Å². The minimum absolute atomic E-state index is 0.0511. The Balaban J connectivity index is 1.36. The lowest BCUT2D eigenvalue weighted by Crippen LogP contribution is -2.52. The molecule has 2 fully saturated rings. The molecule has 1 aromatic rings. The molecule has 8 nitrogen and oxygen atoms in total. The van der Waals surface area contributed by atoms with Crippen LogP contribution in [0.5, 0.6) is 0 Å². The standard InChI is InChI=1S/C24H30N2O6S/c1-24(33(2,28)29,23(27)26-32-22-5-3-4-14-30-22)16-20-15-21(25-31-20)19-12-10-18(11-13-19)9-8-17-6-7-17/h10-13,17,20,22H,3-7,14-16H2,1-2H3,(H,26,27)/t20-,22?,24-/m1/s1. The van der Waals surface area contributed by atoms with E-state index >= 15 is 0 Å². The van der Waals surface area contributed by atoms with Crippen molar-refractivity contribution in [1.82, 2.24) is 5.48 Å². The number of hydrogen-bond acceptors (Lipinski definition) is 7. The van der Waals surface area contributed by atoms with Crippen LogP contribution in [0.2, 0.25) is 0 Å². The summed E-state index contributed by atoms with van der Waals surface area (Å²) < 4.78 is 28.9. The molecule has 1 N–H and O–H groups in total. The van der Waals surface area contributed by atoms with Crippen molar-refractivity contribution in [3.05, 3.63) is 35.4 Å². The highest BCUT2D eigenvalue weighted by Gasteiger charge is 2.47. The first kappa shape index (κ1) is 23.7. The first-order valence-electron chi connectivity index (χ1n) is 11.4. The van der Waals surface area contributed by atoms with E-state index < -0.39 is 32.9 Å². The van der Waals surface area contributed by atoms with Crippen LogP contribution in [0.3, 0.4) is 0 Å². The molecule has 0 bridgehead atoms. The maximum Gasteiger partial charge on any atom is 0.264 e. The quantitative estimate of drug-likeness (QED) is 0.481. The summed E-state index contributed by atoms with van der Waals surface area (Å²) in [6.45, 7) is 1.94. The third-order valence-corrected chi connectivity index (χ3v) is 8.27. The molecule has 3 aliphatic rings. The van der Waals surface area contributed by atoms with Crippen LogP contribution < -0.4 is 5.48 Å². The molecule has 1 aromatic carbocycles.